The molecule has 1 saturated heterocycles. The van der Waals surface area contributed by atoms with E-state index in [4.69, 9.17) is 16.3 Å². The van der Waals surface area contributed by atoms with Gasteiger partial charge in [-0.1, -0.05) is 47.5 Å². The topological polar surface area (TPSA) is 61.8 Å². The van der Waals surface area contributed by atoms with E-state index in [-0.39, 0.29) is 21.4 Å². The molecule has 2 heterocycles. The van der Waals surface area contributed by atoms with Crippen LogP contribution >= 0.6 is 21.6 Å². The molecule has 9 heteroatoms. The molecule has 1 aromatic heterocycles. The number of amides is 1. The number of likely N-dealkylation sites (tertiary alicyclic amines) is 1. The molecule has 1 amide bonds. The molecule has 2 aliphatic rings. The minimum atomic E-state index is -0.340. The number of aromatic nitrogens is 2. The number of ether oxygens (including phenoxy) is 1. The second kappa shape index (κ2) is 14.6. The summed E-state index contributed by atoms with van der Waals surface area (Å²) in [6.07, 6.45) is 14.4. The van der Waals surface area contributed by atoms with Crippen molar-refractivity contribution in [3.8, 4) is 5.88 Å². The Balaban J connectivity index is 0.000000554. The van der Waals surface area contributed by atoms with Gasteiger partial charge in [-0.25, -0.2) is 10.0 Å². The SMILES string of the molecule is CC.CC(C)(C)S(C)(C)C.CN(C)c1c(OC[C@@H]2CCCN2C)nc(Cl)nc1N(C=O)C1CCCC1. The summed E-state index contributed by atoms with van der Waals surface area (Å²) in [4.78, 5) is 26.4. The van der Waals surface area contributed by atoms with E-state index in [1.165, 1.54) is 6.42 Å². The number of halogens is 1. The van der Waals surface area contributed by atoms with E-state index < -0.39 is 0 Å². The third-order valence-electron chi connectivity index (χ3n) is 7.25. The fourth-order valence-electron chi connectivity index (χ4n) is 3.93. The molecular formula is C27H52ClN5O2S. The van der Waals surface area contributed by atoms with Crippen LogP contribution in [-0.2, 0) is 4.79 Å². The van der Waals surface area contributed by atoms with Gasteiger partial charge in [-0.2, -0.15) is 9.97 Å². The Kier molecular flexibility index (Phi) is 13.3. The number of carbonyl (C=O) groups is 1. The van der Waals surface area contributed by atoms with Crippen molar-refractivity contribution in [3.05, 3.63) is 5.28 Å². The number of hydrogen-bond acceptors (Lipinski definition) is 6. The zero-order valence-electron chi connectivity index (χ0n) is 24.7. The Morgan fingerprint density at radius 1 is 1.08 bits per heavy atom. The van der Waals surface area contributed by atoms with Crippen LogP contribution in [0, 0.1) is 0 Å². The maximum absolute atomic E-state index is 11.9. The summed E-state index contributed by atoms with van der Waals surface area (Å²) in [6.45, 7) is 12.6. The van der Waals surface area contributed by atoms with Crippen molar-refractivity contribution < 1.29 is 9.53 Å². The maximum atomic E-state index is 11.9. The minimum Gasteiger partial charge on any atom is -0.474 e. The molecule has 1 aliphatic heterocycles. The zero-order chi connectivity index (χ0) is 27.7. The van der Waals surface area contributed by atoms with Crippen LogP contribution in [0.1, 0.15) is 73.1 Å². The largest absolute Gasteiger partial charge is 0.474 e. The molecule has 0 spiro atoms. The average Bonchev–Trinajstić information content (AvgIpc) is 3.45. The molecule has 7 nitrogen and oxygen atoms in total. The van der Waals surface area contributed by atoms with Crippen molar-refractivity contribution in [1.29, 1.82) is 0 Å². The molecule has 1 saturated carbocycles. The number of likely N-dealkylation sites (N-methyl/N-ethyl adjacent to an activating group) is 1. The number of nitrogens with zero attached hydrogens (tertiary/aromatic N) is 5. The van der Waals surface area contributed by atoms with E-state index in [2.05, 4.69) is 61.5 Å². The van der Waals surface area contributed by atoms with Gasteiger partial charge in [0, 0.05) is 26.2 Å². The van der Waals surface area contributed by atoms with Gasteiger partial charge in [0.15, 0.2) is 5.82 Å². The van der Waals surface area contributed by atoms with Gasteiger partial charge in [-0.05, 0) is 74.4 Å². The number of hydrogen-bond donors (Lipinski definition) is 0. The highest BCUT2D eigenvalue weighted by molar-refractivity contribution is 8.33. The lowest BCUT2D eigenvalue weighted by Crippen LogP contribution is -2.35. The number of rotatable bonds is 7. The first kappa shape index (κ1) is 32.8. The van der Waals surface area contributed by atoms with Crippen molar-refractivity contribution in [1.82, 2.24) is 14.9 Å². The van der Waals surface area contributed by atoms with Crippen LogP contribution in [0.4, 0.5) is 11.5 Å². The third-order valence-corrected chi connectivity index (χ3v) is 11.1. The summed E-state index contributed by atoms with van der Waals surface area (Å²) in [5.41, 5.74) is 0.703. The molecule has 0 unspecified atom stereocenters. The summed E-state index contributed by atoms with van der Waals surface area (Å²) in [6, 6.07) is 0.533. The molecule has 36 heavy (non-hydrogen) atoms. The lowest BCUT2D eigenvalue weighted by molar-refractivity contribution is -0.107. The predicted octanol–water partition coefficient (Wildman–Crippen LogP) is 6.08. The van der Waals surface area contributed by atoms with E-state index in [1.807, 2.05) is 32.8 Å². The monoisotopic (exact) mass is 545 g/mol. The molecule has 0 radical (unpaired) electrons. The molecule has 1 atom stereocenters. The highest BCUT2D eigenvalue weighted by Gasteiger charge is 2.30. The second-order valence-corrected chi connectivity index (χ2v) is 16.6. The van der Waals surface area contributed by atoms with E-state index in [1.54, 1.807) is 4.90 Å². The lowest BCUT2D eigenvalue weighted by Gasteiger charge is -2.40. The van der Waals surface area contributed by atoms with E-state index >= 15 is 0 Å². The summed E-state index contributed by atoms with van der Waals surface area (Å²) in [5.74, 6) is 0.974. The molecule has 1 aromatic rings. The molecule has 2 fully saturated rings. The van der Waals surface area contributed by atoms with Crippen LogP contribution in [0.15, 0.2) is 0 Å². The van der Waals surface area contributed by atoms with Crippen LogP contribution in [0.2, 0.25) is 5.28 Å². The second-order valence-electron chi connectivity index (χ2n) is 11.4. The standard InChI is InChI=1S/C18H28ClN5O2.C7H18S.C2H6/c1-22(2)15-16(24(12-25)13-7-4-5-8-13)20-18(19)21-17(15)26-11-14-9-6-10-23(14)3;1-7(2,3)8(4,5)6;1-2/h12-14H,4-11H2,1-3H3;1-6H3;1-2H3/t14-;;/m0../s1. The molecule has 0 aromatic carbocycles. The first-order chi connectivity index (χ1) is 16.8. The van der Waals surface area contributed by atoms with Gasteiger partial charge in [-0.15, -0.1) is 0 Å². The number of anilines is 2. The van der Waals surface area contributed by atoms with Gasteiger partial charge in [0.05, 0.1) is 0 Å². The predicted molar refractivity (Wildman–Crippen MR) is 160 cm³/mol. The van der Waals surface area contributed by atoms with Crippen LogP contribution < -0.4 is 14.5 Å². The normalized spacial score (nSPS) is 19.1. The Bertz CT molecular complexity index is 793. The van der Waals surface area contributed by atoms with Crippen LogP contribution in [0.3, 0.4) is 0 Å². The summed E-state index contributed by atoms with van der Waals surface area (Å²) in [7, 11) is 5.58. The zero-order valence-corrected chi connectivity index (χ0v) is 26.3. The van der Waals surface area contributed by atoms with Gasteiger partial charge in [0.1, 0.15) is 12.3 Å². The fourth-order valence-corrected chi connectivity index (χ4v) is 4.08. The van der Waals surface area contributed by atoms with Gasteiger partial charge >= 0.3 is 0 Å². The lowest BCUT2D eigenvalue weighted by atomic mass is 10.2. The quantitative estimate of drug-likeness (QED) is 0.305. The van der Waals surface area contributed by atoms with E-state index in [9.17, 15) is 4.79 Å². The molecule has 0 bridgehead atoms. The van der Waals surface area contributed by atoms with Crippen molar-refractivity contribution in [2.75, 3.05) is 62.9 Å². The Hall–Kier alpha value is -1.25. The van der Waals surface area contributed by atoms with Crippen molar-refractivity contribution in [2.45, 2.75) is 90.0 Å². The Morgan fingerprint density at radius 3 is 2.06 bits per heavy atom. The Morgan fingerprint density at radius 2 is 1.64 bits per heavy atom. The molecule has 3 rings (SSSR count). The fraction of sp³-hybridized carbons (Fsp3) is 0.815. The van der Waals surface area contributed by atoms with Gasteiger partial charge in [0.25, 0.3) is 0 Å². The highest BCUT2D eigenvalue weighted by atomic mass is 35.5. The highest BCUT2D eigenvalue weighted by Crippen LogP contribution is 2.48. The van der Waals surface area contributed by atoms with E-state index in [0.29, 0.717) is 34.8 Å². The van der Waals surface area contributed by atoms with Gasteiger partial charge in [-0.3, -0.25) is 9.69 Å². The van der Waals surface area contributed by atoms with Crippen molar-refractivity contribution >= 4 is 39.5 Å². The molecule has 1 aliphatic carbocycles. The van der Waals surface area contributed by atoms with Crippen LogP contribution in [-0.4, -0.2) is 91.2 Å². The summed E-state index contributed by atoms with van der Waals surface area (Å²) in [5, 5.41) is 0.102. The smallest absolute Gasteiger partial charge is 0.244 e. The first-order valence-corrected chi connectivity index (χ1v) is 16.5. The molecular weight excluding hydrogens is 494 g/mol. The van der Waals surface area contributed by atoms with Crippen LogP contribution in [0.5, 0.6) is 5.88 Å². The van der Waals surface area contributed by atoms with E-state index in [0.717, 1.165) is 45.1 Å². The summed E-state index contributed by atoms with van der Waals surface area (Å²) >= 11 is 6.18. The third kappa shape index (κ3) is 9.25. The molecule has 210 valence electrons. The number of carbonyl (C=O) groups excluding carboxylic acids is 1. The Labute approximate surface area is 227 Å². The van der Waals surface area contributed by atoms with Gasteiger partial charge < -0.3 is 14.5 Å². The van der Waals surface area contributed by atoms with Crippen LogP contribution in [0.25, 0.3) is 0 Å². The first-order valence-electron chi connectivity index (χ1n) is 13.3. The van der Waals surface area contributed by atoms with Crippen molar-refractivity contribution in [2.24, 2.45) is 0 Å². The van der Waals surface area contributed by atoms with Gasteiger partial charge in [0.2, 0.25) is 17.6 Å². The maximum Gasteiger partial charge on any atom is 0.244 e. The summed E-state index contributed by atoms with van der Waals surface area (Å²) < 4.78 is 6.59. The average molecular weight is 546 g/mol. The molecule has 0 N–H and O–H groups in total. The minimum absolute atomic E-state index is 0.102. The van der Waals surface area contributed by atoms with Crippen molar-refractivity contribution in [3.63, 3.8) is 0 Å².